The monoisotopic (exact) mass is 289 g/mol. The number of nitrogens with zero attached hydrogens (tertiary/aromatic N) is 1. The molecule has 0 spiro atoms. The zero-order valence-corrected chi connectivity index (χ0v) is 12.6. The Kier molecular flexibility index (Phi) is 4.03. The first-order valence-corrected chi connectivity index (χ1v) is 7.43. The Morgan fingerprint density at radius 3 is 2.00 bits per heavy atom. The van der Waals surface area contributed by atoms with Crippen LogP contribution < -0.4 is 0 Å². The van der Waals surface area contributed by atoms with E-state index in [9.17, 15) is 5.11 Å². The second-order valence-corrected chi connectivity index (χ2v) is 5.61. The maximum atomic E-state index is 11.3. The molecule has 2 atom stereocenters. The van der Waals surface area contributed by atoms with Gasteiger partial charge in [-0.2, -0.15) is 0 Å². The minimum absolute atomic E-state index is 0.225. The van der Waals surface area contributed by atoms with E-state index >= 15 is 0 Å². The molecular weight excluding hydrogens is 270 g/mol. The normalized spacial score (nSPS) is 15.0. The van der Waals surface area contributed by atoms with Crippen LogP contribution >= 0.6 is 0 Å². The van der Waals surface area contributed by atoms with Gasteiger partial charge in [0.05, 0.1) is 17.2 Å². The summed E-state index contributed by atoms with van der Waals surface area (Å²) in [6.07, 6.45) is 1.77. The van der Waals surface area contributed by atoms with Crippen LogP contribution in [0, 0.1) is 0 Å². The number of pyridine rings is 1. The fraction of sp³-hybridized carbons (Fsp3) is 0.150. The summed E-state index contributed by atoms with van der Waals surface area (Å²) in [7, 11) is 0. The molecule has 0 saturated heterocycles. The zero-order valence-electron chi connectivity index (χ0n) is 12.6. The van der Waals surface area contributed by atoms with Crippen molar-refractivity contribution in [2.24, 2.45) is 0 Å². The lowest BCUT2D eigenvalue weighted by Gasteiger charge is -2.33. The van der Waals surface area contributed by atoms with Crippen molar-refractivity contribution in [1.29, 1.82) is 0 Å². The molecule has 3 aromatic rings. The molecule has 22 heavy (non-hydrogen) atoms. The van der Waals surface area contributed by atoms with E-state index in [0.29, 0.717) is 0 Å². The maximum absolute atomic E-state index is 11.3. The van der Waals surface area contributed by atoms with E-state index in [4.69, 9.17) is 0 Å². The van der Waals surface area contributed by atoms with Gasteiger partial charge in [0, 0.05) is 6.20 Å². The molecule has 0 bridgehead atoms. The summed E-state index contributed by atoms with van der Waals surface area (Å²) in [4.78, 5) is 4.49. The fourth-order valence-corrected chi connectivity index (χ4v) is 2.92. The fourth-order valence-electron chi connectivity index (χ4n) is 2.92. The minimum Gasteiger partial charge on any atom is -0.384 e. The van der Waals surface area contributed by atoms with Gasteiger partial charge in [-0.25, -0.2) is 0 Å². The van der Waals surface area contributed by atoms with Crippen LogP contribution in [0.1, 0.15) is 29.7 Å². The topological polar surface area (TPSA) is 33.1 Å². The highest BCUT2D eigenvalue weighted by Crippen LogP contribution is 2.40. The third-order valence-corrected chi connectivity index (χ3v) is 4.04. The summed E-state index contributed by atoms with van der Waals surface area (Å²) in [5, 5.41) is 11.3. The summed E-state index contributed by atoms with van der Waals surface area (Å²) < 4.78 is 0. The Morgan fingerprint density at radius 2 is 1.41 bits per heavy atom. The van der Waals surface area contributed by atoms with Crippen molar-refractivity contribution in [3.05, 3.63) is 102 Å². The van der Waals surface area contributed by atoms with E-state index in [2.05, 4.69) is 4.98 Å². The largest absolute Gasteiger partial charge is 0.384 e. The van der Waals surface area contributed by atoms with Crippen molar-refractivity contribution in [1.82, 2.24) is 4.98 Å². The summed E-state index contributed by atoms with van der Waals surface area (Å²) >= 11 is 0. The minimum atomic E-state index is -1.04. The van der Waals surface area contributed by atoms with Gasteiger partial charge in [-0.05, 0) is 30.2 Å². The highest BCUT2D eigenvalue weighted by Gasteiger charge is 2.36. The molecule has 0 aliphatic carbocycles. The Hall–Kier alpha value is -2.45. The van der Waals surface area contributed by atoms with Crippen LogP contribution in [0.25, 0.3) is 0 Å². The molecule has 110 valence electrons. The lowest BCUT2D eigenvalue weighted by Crippen LogP contribution is -2.31. The van der Waals surface area contributed by atoms with Crippen LogP contribution in [-0.4, -0.2) is 10.1 Å². The lowest BCUT2D eigenvalue weighted by molar-refractivity contribution is 0.0380. The maximum Gasteiger partial charge on any atom is 0.0992 e. The van der Waals surface area contributed by atoms with Gasteiger partial charge in [0.1, 0.15) is 0 Å². The molecule has 0 saturated carbocycles. The summed E-state index contributed by atoms with van der Waals surface area (Å²) in [5.41, 5.74) is 1.75. The van der Waals surface area contributed by atoms with Crippen molar-refractivity contribution in [3.63, 3.8) is 0 Å². The molecule has 0 aliphatic heterocycles. The second-order valence-electron chi connectivity index (χ2n) is 5.61. The molecule has 1 heterocycles. The van der Waals surface area contributed by atoms with Crippen molar-refractivity contribution >= 4 is 0 Å². The van der Waals surface area contributed by atoms with Gasteiger partial charge < -0.3 is 5.11 Å². The highest BCUT2D eigenvalue weighted by molar-refractivity contribution is 5.37. The summed E-state index contributed by atoms with van der Waals surface area (Å²) in [6.45, 7) is 1.86. The van der Waals surface area contributed by atoms with Gasteiger partial charge in [-0.3, -0.25) is 4.98 Å². The van der Waals surface area contributed by atoms with Gasteiger partial charge in [0.25, 0.3) is 0 Å². The first-order valence-electron chi connectivity index (χ1n) is 7.43. The Morgan fingerprint density at radius 1 is 0.818 bits per heavy atom. The predicted octanol–water partition coefficient (Wildman–Crippen LogP) is 4.12. The van der Waals surface area contributed by atoms with Gasteiger partial charge in [0.2, 0.25) is 0 Å². The van der Waals surface area contributed by atoms with Gasteiger partial charge in [0.15, 0.2) is 0 Å². The van der Waals surface area contributed by atoms with E-state index in [1.165, 1.54) is 0 Å². The molecule has 0 amide bonds. The van der Waals surface area contributed by atoms with Crippen molar-refractivity contribution in [3.8, 4) is 0 Å². The number of hydrogen-bond donors (Lipinski definition) is 1. The molecule has 0 unspecified atom stereocenters. The lowest BCUT2D eigenvalue weighted by atomic mass is 9.76. The molecule has 2 heteroatoms. The molecular formula is C20H19NO. The van der Waals surface area contributed by atoms with Crippen LogP contribution in [-0.2, 0) is 5.60 Å². The smallest absolute Gasteiger partial charge is 0.0992 e. The zero-order chi connectivity index (χ0) is 15.4. The van der Waals surface area contributed by atoms with Crippen LogP contribution in [0.15, 0.2) is 85.1 Å². The molecule has 0 aliphatic rings. The number of aromatic nitrogens is 1. The second kappa shape index (κ2) is 6.12. The van der Waals surface area contributed by atoms with Gasteiger partial charge in [-0.15, -0.1) is 0 Å². The molecule has 0 fully saturated rings. The van der Waals surface area contributed by atoms with Crippen molar-refractivity contribution in [2.45, 2.75) is 18.4 Å². The third-order valence-electron chi connectivity index (χ3n) is 4.04. The van der Waals surface area contributed by atoms with Crippen LogP contribution in [0.4, 0.5) is 0 Å². The molecule has 2 aromatic carbocycles. The van der Waals surface area contributed by atoms with Crippen molar-refractivity contribution < 1.29 is 5.11 Å². The highest BCUT2D eigenvalue weighted by atomic mass is 16.3. The van der Waals surface area contributed by atoms with Gasteiger partial charge >= 0.3 is 0 Å². The predicted molar refractivity (Wildman–Crippen MR) is 88.5 cm³/mol. The molecule has 1 N–H and O–H groups in total. The van der Waals surface area contributed by atoms with E-state index < -0.39 is 5.60 Å². The number of rotatable bonds is 4. The van der Waals surface area contributed by atoms with E-state index in [1.54, 1.807) is 6.20 Å². The third kappa shape index (κ3) is 2.78. The average molecular weight is 289 g/mol. The Balaban J connectivity index is 2.14. The van der Waals surface area contributed by atoms with Gasteiger partial charge in [-0.1, -0.05) is 66.7 Å². The van der Waals surface area contributed by atoms with Crippen LogP contribution in [0.5, 0.6) is 0 Å². The summed E-state index contributed by atoms with van der Waals surface area (Å²) in [6, 6.07) is 25.6. The standard InChI is InChI=1S/C20H19NO/c1-20(22,17-12-6-3-7-13-17)19(16-10-4-2-5-11-16)18-14-8-9-15-21-18/h2-15,19,22H,1H3/t19-,20-/m0/s1. The van der Waals surface area contributed by atoms with Crippen molar-refractivity contribution in [2.75, 3.05) is 0 Å². The van der Waals surface area contributed by atoms with Crippen LogP contribution in [0.3, 0.4) is 0 Å². The molecule has 2 nitrogen and oxygen atoms in total. The number of aliphatic hydroxyl groups is 1. The molecule has 0 radical (unpaired) electrons. The number of benzene rings is 2. The first-order chi connectivity index (χ1) is 10.7. The summed E-state index contributed by atoms with van der Waals surface area (Å²) in [5.74, 6) is -0.225. The average Bonchev–Trinajstić information content (AvgIpc) is 2.58. The molecule has 3 rings (SSSR count). The van der Waals surface area contributed by atoms with E-state index in [-0.39, 0.29) is 5.92 Å². The Labute approximate surface area is 131 Å². The quantitative estimate of drug-likeness (QED) is 0.783. The number of hydrogen-bond acceptors (Lipinski definition) is 2. The molecule has 1 aromatic heterocycles. The van der Waals surface area contributed by atoms with Crippen LogP contribution in [0.2, 0.25) is 0 Å². The Bertz CT molecular complexity index is 669. The van der Waals surface area contributed by atoms with E-state index in [0.717, 1.165) is 16.8 Å². The first kappa shape index (κ1) is 14.5. The SMILES string of the molecule is C[C@](O)(c1ccccc1)[C@@H](c1ccccc1)c1ccccn1. The van der Waals surface area contributed by atoms with E-state index in [1.807, 2.05) is 85.8 Å².